The SMILES string of the molecule is COc1ccc(C2=c3ccc4c5c(ccc4c3OC2=O)=C(c2ccccc2)CO5)cc1OC. The number of esters is 1. The lowest BCUT2D eigenvalue weighted by Crippen LogP contribution is -2.08. The van der Waals surface area contributed by atoms with Crippen LogP contribution in [-0.2, 0) is 4.79 Å². The zero-order chi connectivity index (χ0) is 22.5. The molecule has 6 rings (SSSR count). The van der Waals surface area contributed by atoms with Gasteiger partial charge in [0.1, 0.15) is 18.1 Å². The highest BCUT2D eigenvalue weighted by Crippen LogP contribution is 2.36. The van der Waals surface area contributed by atoms with E-state index in [-0.39, 0.29) is 5.97 Å². The fraction of sp³-hybridized carbons (Fsp3) is 0.107. The van der Waals surface area contributed by atoms with Crippen LogP contribution in [0.5, 0.6) is 23.0 Å². The second-order valence-corrected chi connectivity index (χ2v) is 7.95. The van der Waals surface area contributed by atoms with E-state index in [1.807, 2.05) is 42.5 Å². The second kappa shape index (κ2) is 7.41. The highest BCUT2D eigenvalue weighted by molar-refractivity contribution is 6.21. The van der Waals surface area contributed by atoms with Crippen LogP contribution in [-0.4, -0.2) is 26.8 Å². The number of rotatable bonds is 4. The third-order valence-electron chi connectivity index (χ3n) is 6.25. The molecule has 5 heteroatoms. The van der Waals surface area contributed by atoms with E-state index in [0.717, 1.165) is 38.1 Å². The predicted molar refractivity (Wildman–Crippen MR) is 125 cm³/mol. The predicted octanol–water partition coefficient (Wildman–Crippen LogP) is 3.57. The fourth-order valence-electron chi connectivity index (χ4n) is 4.67. The van der Waals surface area contributed by atoms with Crippen LogP contribution in [0.25, 0.3) is 21.9 Å². The second-order valence-electron chi connectivity index (χ2n) is 7.95. The number of methoxy groups -OCH3 is 2. The molecule has 0 aliphatic carbocycles. The van der Waals surface area contributed by atoms with Crippen molar-refractivity contribution in [1.82, 2.24) is 0 Å². The number of fused-ring (bicyclic) bond motifs is 5. The zero-order valence-corrected chi connectivity index (χ0v) is 18.2. The van der Waals surface area contributed by atoms with Gasteiger partial charge in [-0.2, -0.15) is 0 Å². The van der Waals surface area contributed by atoms with E-state index in [2.05, 4.69) is 18.2 Å². The first-order valence-electron chi connectivity index (χ1n) is 10.7. The Morgan fingerprint density at radius 3 is 2.21 bits per heavy atom. The number of carbonyl (C=O) groups excluding carboxylic acids is 1. The molecule has 0 radical (unpaired) electrons. The summed E-state index contributed by atoms with van der Waals surface area (Å²) in [6.07, 6.45) is 0. The van der Waals surface area contributed by atoms with Crippen LogP contribution in [0.1, 0.15) is 11.1 Å². The van der Waals surface area contributed by atoms with Gasteiger partial charge in [-0.25, -0.2) is 4.79 Å². The molecule has 0 atom stereocenters. The molecule has 5 nitrogen and oxygen atoms in total. The molecule has 0 spiro atoms. The van der Waals surface area contributed by atoms with Crippen LogP contribution in [0, 0.1) is 0 Å². The van der Waals surface area contributed by atoms with Gasteiger partial charge in [0.25, 0.3) is 0 Å². The summed E-state index contributed by atoms with van der Waals surface area (Å²) in [5.74, 6) is 2.15. The van der Waals surface area contributed by atoms with Crippen molar-refractivity contribution in [1.29, 1.82) is 0 Å². The van der Waals surface area contributed by atoms with Gasteiger partial charge in [0.05, 0.1) is 19.8 Å². The van der Waals surface area contributed by atoms with Crippen molar-refractivity contribution < 1.29 is 23.7 Å². The van der Waals surface area contributed by atoms with E-state index in [0.29, 0.717) is 35.0 Å². The average Bonchev–Trinajstić information content (AvgIpc) is 3.44. The molecule has 0 saturated heterocycles. The van der Waals surface area contributed by atoms with Crippen LogP contribution in [0.4, 0.5) is 0 Å². The minimum absolute atomic E-state index is 0.386. The third-order valence-corrected chi connectivity index (χ3v) is 6.25. The number of hydrogen-bond donors (Lipinski definition) is 0. The van der Waals surface area contributed by atoms with Crippen LogP contribution < -0.4 is 29.4 Å². The maximum absolute atomic E-state index is 12.9. The molecule has 2 heterocycles. The normalized spacial score (nSPS) is 14.1. The minimum Gasteiger partial charge on any atom is -0.493 e. The smallest absolute Gasteiger partial charge is 0.344 e. The summed E-state index contributed by atoms with van der Waals surface area (Å²) in [7, 11) is 3.15. The Labute approximate surface area is 190 Å². The molecular formula is C28H20O5. The quantitative estimate of drug-likeness (QED) is 0.362. The van der Waals surface area contributed by atoms with Crippen molar-refractivity contribution in [3.8, 4) is 23.0 Å². The largest absolute Gasteiger partial charge is 0.493 e. The van der Waals surface area contributed by atoms with Crippen molar-refractivity contribution in [3.05, 3.63) is 94.4 Å². The van der Waals surface area contributed by atoms with Crippen molar-refractivity contribution in [2.45, 2.75) is 0 Å². The van der Waals surface area contributed by atoms with E-state index in [1.165, 1.54) is 0 Å². The van der Waals surface area contributed by atoms with Crippen LogP contribution in [0.2, 0.25) is 0 Å². The molecule has 2 aliphatic rings. The van der Waals surface area contributed by atoms with Crippen molar-refractivity contribution in [2.75, 3.05) is 20.8 Å². The van der Waals surface area contributed by atoms with Gasteiger partial charge < -0.3 is 18.9 Å². The Morgan fingerprint density at radius 2 is 1.45 bits per heavy atom. The molecule has 0 saturated carbocycles. The van der Waals surface area contributed by atoms with Crippen LogP contribution >= 0.6 is 0 Å². The van der Waals surface area contributed by atoms with Gasteiger partial charge in [0, 0.05) is 26.8 Å². The number of hydrogen-bond acceptors (Lipinski definition) is 5. The lowest BCUT2D eigenvalue weighted by molar-refractivity contribution is -0.127. The Balaban J connectivity index is 1.57. The van der Waals surface area contributed by atoms with Gasteiger partial charge in [-0.15, -0.1) is 0 Å². The summed E-state index contributed by atoms with van der Waals surface area (Å²) < 4.78 is 22.6. The molecule has 0 fully saturated rings. The first-order valence-corrected chi connectivity index (χ1v) is 10.7. The molecule has 4 aromatic carbocycles. The van der Waals surface area contributed by atoms with Gasteiger partial charge in [0.15, 0.2) is 11.5 Å². The Hall–Kier alpha value is -4.25. The molecule has 0 amide bonds. The van der Waals surface area contributed by atoms with Crippen molar-refractivity contribution in [2.24, 2.45) is 0 Å². The van der Waals surface area contributed by atoms with Crippen molar-refractivity contribution >= 4 is 27.9 Å². The Bertz CT molecular complexity index is 1570. The molecule has 162 valence electrons. The van der Waals surface area contributed by atoms with Gasteiger partial charge in [0.2, 0.25) is 0 Å². The first-order chi connectivity index (χ1) is 16.2. The highest BCUT2D eigenvalue weighted by atomic mass is 16.5. The number of carbonyl (C=O) groups is 1. The molecule has 33 heavy (non-hydrogen) atoms. The van der Waals surface area contributed by atoms with Gasteiger partial charge in [-0.1, -0.05) is 42.5 Å². The van der Waals surface area contributed by atoms with Gasteiger partial charge in [-0.3, -0.25) is 0 Å². The summed E-state index contributed by atoms with van der Waals surface area (Å²) in [6, 6.07) is 23.7. The van der Waals surface area contributed by atoms with Gasteiger partial charge >= 0.3 is 5.97 Å². The maximum atomic E-state index is 12.9. The lowest BCUT2D eigenvalue weighted by atomic mass is 9.99. The summed E-state index contributed by atoms with van der Waals surface area (Å²) in [5.41, 5.74) is 3.52. The topological polar surface area (TPSA) is 54.0 Å². The highest BCUT2D eigenvalue weighted by Gasteiger charge is 2.28. The average molecular weight is 436 g/mol. The standard InChI is InChI=1S/C28H20O5/c1-30-23-13-8-17(14-24(23)31-2)25-21-12-11-18-19(27(21)33-28(25)29)9-10-20-22(15-32-26(18)20)16-6-4-3-5-7-16/h3-14H,15H2,1-2H3. The van der Waals surface area contributed by atoms with E-state index in [1.54, 1.807) is 26.4 Å². The zero-order valence-electron chi connectivity index (χ0n) is 18.2. The molecule has 4 aromatic rings. The number of ether oxygens (including phenoxy) is 4. The number of benzene rings is 4. The maximum Gasteiger partial charge on any atom is 0.344 e. The van der Waals surface area contributed by atoms with E-state index in [9.17, 15) is 4.79 Å². The fourth-order valence-corrected chi connectivity index (χ4v) is 4.67. The van der Waals surface area contributed by atoms with E-state index in [4.69, 9.17) is 18.9 Å². The molecule has 0 N–H and O–H groups in total. The molecular weight excluding hydrogens is 416 g/mol. The molecule has 0 aromatic heterocycles. The monoisotopic (exact) mass is 436 g/mol. The third kappa shape index (κ3) is 2.89. The molecule has 2 aliphatic heterocycles. The summed E-state index contributed by atoms with van der Waals surface area (Å²) in [5, 5.41) is 3.61. The Morgan fingerprint density at radius 1 is 0.727 bits per heavy atom. The summed E-state index contributed by atoms with van der Waals surface area (Å²) >= 11 is 0. The van der Waals surface area contributed by atoms with E-state index < -0.39 is 0 Å². The van der Waals surface area contributed by atoms with Crippen molar-refractivity contribution in [3.63, 3.8) is 0 Å². The first kappa shape index (κ1) is 19.4. The van der Waals surface area contributed by atoms with Crippen LogP contribution in [0.15, 0.2) is 72.8 Å². The van der Waals surface area contributed by atoms with E-state index >= 15 is 0 Å². The van der Waals surface area contributed by atoms with Crippen LogP contribution in [0.3, 0.4) is 0 Å². The molecule has 0 unspecified atom stereocenters. The minimum atomic E-state index is -0.386. The van der Waals surface area contributed by atoms with Gasteiger partial charge in [-0.05, 0) is 41.5 Å². The lowest BCUT2D eigenvalue weighted by Gasteiger charge is -2.09. The summed E-state index contributed by atoms with van der Waals surface area (Å²) in [6.45, 7) is 0.512. The molecule has 0 bridgehead atoms. The summed E-state index contributed by atoms with van der Waals surface area (Å²) in [4.78, 5) is 12.9. The Kier molecular flexibility index (Phi) is 4.37.